The molecule has 0 aliphatic rings. The SMILES string of the molecule is CCCCC(=O)NC(=O)CC(C)=O. The van der Waals surface area contributed by atoms with Crippen molar-refractivity contribution >= 4 is 17.6 Å². The van der Waals surface area contributed by atoms with Crippen LogP contribution in [-0.4, -0.2) is 17.6 Å². The molecule has 0 radical (unpaired) electrons. The highest BCUT2D eigenvalue weighted by atomic mass is 16.2. The molecule has 0 aromatic rings. The highest BCUT2D eigenvalue weighted by Gasteiger charge is 2.08. The van der Waals surface area contributed by atoms with Crippen molar-refractivity contribution in [1.29, 1.82) is 0 Å². The monoisotopic (exact) mass is 185 g/mol. The predicted octanol–water partition coefficient (Wildman–Crippen LogP) is 0.798. The first-order valence-corrected chi connectivity index (χ1v) is 4.38. The Hall–Kier alpha value is -1.19. The van der Waals surface area contributed by atoms with Crippen LogP contribution >= 0.6 is 0 Å². The molecule has 0 aliphatic heterocycles. The maximum Gasteiger partial charge on any atom is 0.233 e. The third-order valence-corrected chi connectivity index (χ3v) is 1.45. The Morgan fingerprint density at radius 3 is 2.23 bits per heavy atom. The minimum Gasteiger partial charge on any atom is -0.299 e. The van der Waals surface area contributed by atoms with Crippen molar-refractivity contribution in [3.05, 3.63) is 0 Å². The highest BCUT2D eigenvalue weighted by molar-refractivity contribution is 6.03. The maximum absolute atomic E-state index is 11.0. The van der Waals surface area contributed by atoms with Gasteiger partial charge in [0, 0.05) is 6.42 Å². The van der Waals surface area contributed by atoms with Gasteiger partial charge in [-0.1, -0.05) is 13.3 Å². The lowest BCUT2D eigenvalue weighted by molar-refractivity contribution is -0.132. The second-order valence-corrected chi connectivity index (χ2v) is 2.95. The first-order chi connectivity index (χ1) is 6.06. The molecule has 0 saturated heterocycles. The van der Waals surface area contributed by atoms with Crippen molar-refractivity contribution in [2.45, 2.75) is 39.5 Å². The number of hydrogen-bond acceptors (Lipinski definition) is 3. The number of ketones is 1. The average Bonchev–Trinajstić information content (AvgIpc) is 1.98. The molecular weight excluding hydrogens is 170 g/mol. The summed E-state index contributed by atoms with van der Waals surface area (Å²) in [6, 6.07) is 0. The van der Waals surface area contributed by atoms with Gasteiger partial charge in [0.05, 0.1) is 6.42 Å². The topological polar surface area (TPSA) is 63.2 Å². The zero-order valence-electron chi connectivity index (χ0n) is 8.05. The van der Waals surface area contributed by atoms with E-state index >= 15 is 0 Å². The fourth-order valence-corrected chi connectivity index (χ4v) is 0.826. The van der Waals surface area contributed by atoms with E-state index in [9.17, 15) is 14.4 Å². The zero-order valence-corrected chi connectivity index (χ0v) is 8.05. The first kappa shape index (κ1) is 11.8. The number of carbonyl (C=O) groups is 3. The molecule has 0 bridgehead atoms. The number of hydrogen-bond donors (Lipinski definition) is 1. The molecule has 1 N–H and O–H groups in total. The minimum atomic E-state index is -0.506. The van der Waals surface area contributed by atoms with Crippen LogP contribution in [0.1, 0.15) is 39.5 Å². The molecule has 0 aromatic heterocycles. The number of Topliss-reactive ketones (excluding diaryl/α,β-unsaturated/α-hetero) is 1. The Morgan fingerprint density at radius 1 is 1.15 bits per heavy atom. The Morgan fingerprint density at radius 2 is 1.77 bits per heavy atom. The number of unbranched alkanes of at least 4 members (excludes halogenated alkanes) is 1. The summed E-state index contributed by atoms with van der Waals surface area (Å²) in [6.45, 7) is 3.28. The quantitative estimate of drug-likeness (QED) is 0.644. The van der Waals surface area contributed by atoms with E-state index in [1.54, 1.807) is 0 Å². The summed E-state index contributed by atoms with van der Waals surface area (Å²) >= 11 is 0. The van der Waals surface area contributed by atoms with E-state index < -0.39 is 5.91 Å². The second-order valence-electron chi connectivity index (χ2n) is 2.95. The number of carbonyl (C=O) groups excluding carboxylic acids is 3. The molecule has 0 heterocycles. The molecule has 0 unspecified atom stereocenters. The molecule has 0 spiro atoms. The summed E-state index contributed by atoms with van der Waals surface area (Å²) in [6.07, 6.45) is 1.81. The minimum absolute atomic E-state index is 0.210. The third-order valence-electron chi connectivity index (χ3n) is 1.45. The van der Waals surface area contributed by atoms with Gasteiger partial charge in [0.25, 0.3) is 0 Å². The molecule has 0 saturated carbocycles. The Labute approximate surface area is 77.7 Å². The predicted molar refractivity (Wildman–Crippen MR) is 48.0 cm³/mol. The zero-order chi connectivity index (χ0) is 10.3. The van der Waals surface area contributed by atoms with E-state index in [0.29, 0.717) is 6.42 Å². The third kappa shape index (κ3) is 7.18. The maximum atomic E-state index is 11.0. The summed E-state index contributed by atoms with van der Waals surface area (Å²) in [7, 11) is 0. The molecule has 0 aromatic carbocycles. The number of imide groups is 1. The van der Waals surface area contributed by atoms with E-state index in [-0.39, 0.29) is 18.1 Å². The Balaban J connectivity index is 3.65. The normalized spacial score (nSPS) is 9.38. The molecule has 0 fully saturated rings. The summed E-state index contributed by atoms with van der Waals surface area (Å²) in [5.41, 5.74) is 0. The molecule has 0 aliphatic carbocycles. The van der Waals surface area contributed by atoms with Gasteiger partial charge in [-0.3, -0.25) is 19.7 Å². The van der Waals surface area contributed by atoms with Crippen molar-refractivity contribution in [3.63, 3.8) is 0 Å². The van der Waals surface area contributed by atoms with Crippen LogP contribution in [-0.2, 0) is 14.4 Å². The lowest BCUT2D eigenvalue weighted by atomic mass is 10.2. The lowest BCUT2D eigenvalue weighted by Gasteiger charge is -2.00. The van der Waals surface area contributed by atoms with Gasteiger partial charge in [-0.15, -0.1) is 0 Å². The van der Waals surface area contributed by atoms with Crippen molar-refractivity contribution in [1.82, 2.24) is 5.32 Å². The van der Waals surface area contributed by atoms with Crippen molar-refractivity contribution in [2.75, 3.05) is 0 Å². The van der Waals surface area contributed by atoms with Crippen LogP contribution in [0.5, 0.6) is 0 Å². The van der Waals surface area contributed by atoms with Crippen LogP contribution in [0.2, 0.25) is 0 Å². The van der Waals surface area contributed by atoms with Crippen LogP contribution in [0.3, 0.4) is 0 Å². The summed E-state index contributed by atoms with van der Waals surface area (Å²) in [4.78, 5) is 32.3. The first-order valence-electron chi connectivity index (χ1n) is 4.38. The highest BCUT2D eigenvalue weighted by Crippen LogP contribution is 1.93. The molecule has 13 heavy (non-hydrogen) atoms. The average molecular weight is 185 g/mol. The van der Waals surface area contributed by atoms with E-state index in [4.69, 9.17) is 0 Å². The van der Waals surface area contributed by atoms with E-state index in [1.807, 2.05) is 6.92 Å². The van der Waals surface area contributed by atoms with Crippen LogP contribution in [0.4, 0.5) is 0 Å². The van der Waals surface area contributed by atoms with Gasteiger partial charge in [-0.2, -0.15) is 0 Å². The van der Waals surface area contributed by atoms with Gasteiger partial charge < -0.3 is 0 Å². The number of nitrogens with one attached hydrogen (secondary N) is 1. The molecular formula is C9H15NO3. The van der Waals surface area contributed by atoms with Gasteiger partial charge in [0.1, 0.15) is 5.78 Å². The molecule has 0 rings (SSSR count). The Bertz CT molecular complexity index is 211. The van der Waals surface area contributed by atoms with E-state index in [1.165, 1.54) is 6.92 Å². The smallest absolute Gasteiger partial charge is 0.233 e. The Kier molecular flexibility index (Phi) is 5.76. The molecule has 74 valence electrons. The summed E-state index contributed by atoms with van der Waals surface area (Å²) in [5, 5.41) is 2.15. The van der Waals surface area contributed by atoms with Crippen molar-refractivity contribution in [3.8, 4) is 0 Å². The van der Waals surface area contributed by atoms with Crippen LogP contribution in [0.25, 0.3) is 0 Å². The van der Waals surface area contributed by atoms with Gasteiger partial charge >= 0.3 is 0 Å². The van der Waals surface area contributed by atoms with Gasteiger partial charge in [0.15, 0.2) is 0 Å². The van der Waals surface area contributed by atoms with Crippen LogP contribution in [0.15, 0.2) is 0 Å². The van der Waals surface area contributed by atoms with Crippen LogP contribution < -0.4 is 5.32 Å². The fraction of sp³-hybridized carbons (Fsp3) is 0.667. The fourth-order valence-electron chi connectivity index (χ4n) is 0.826. The molecule has 4 nitrogen and oxygen atoms in total. The number of rotatable bonds is 5. The molecule has 0 atom stereocenters. The van der Waals surface area contributed by atoms with Gasteiger partial charge in [-0.25, -0.2) is 0 Å². The van der Waals surface area contributed by atoms with Gasteiger partial charge in [-0.05, 0) is 13.3 Å². The number of amides is 2. The molecule has 4 heteroatoms. The van der Waals surface area contributed by atoms with E-state index in [2.05, 4.69) is 5.32 Å². The van der Waals surface area contributed by atoms with E-state index in [0.717, 1.165) is 12.8 Å². The van der Waals surface area contributed by atoms with Gasteiger partial charge in [0.2, 0.25) is 11.8 Å². The molecule has 2 amide bonds. The lowest BCUT2D eigenvalue weighted by Crippen LogP contribution is -2.31. The standard InChI is InChI=1S/C9H15NO3/c1-3-4-5-8(12)10-9(13)6-7(2)11/h3-6H2,1-2H3,(H,10,12,13). The largest absolute Gasteiger partial charge is 0.299 e. The van der Waals surface area contributed by atoms with Crippen LogP contribution in [0, 0.1) is 0 Å². The summed E-state index contributed by atoms with van der Waals surface area (Å²) in [5.74, 6) is -1.04. The second kappa shape index (κ2) is 6.34. The van der Waals surface area contributed by atoms with Crippen molar-refractivity contribution < 1.29 is 14.4 Å². The van der Waals surface area contributed by atoms with Crippen molar-refractivity contribution in [2.24, 2.45) is 0 Å². The summed E-state index contributed by atoms with van der Waals surface area (Å²) < 4.78 is 0.